The highest BCUT2D eigenvalue weighted by Crippen LogP contribution is 2.34. The zero-order valence-electron chi connectivity index (χ0n) is 11.0. The highest BCUT2D eigenvalue weighted by Gasteiger charge is 2.30. The predicted molar refractivity (Wildman–Crippen MR) is 74.1 cm³/mol. The van der Waals surface area contributed by atoms with Gasteiger partial charge in [-0.2, -0.15) is 0 Å². The summed E-state index contributed by atoms with van der Waals surface area (Å²) in [6, 6.07) is 5.34. The van der Waals surface area contributed by atoms with Crippen molar-refractivity contribution in [3.8, 4) is 0 Å². The Balaban J connectivity index is 1.81. The number of nitrogens with one attached hydrogen (secondary N) is 1. The fourth-order valence-electron chi connectivity index (χ4n) is 2.72. The van der Waals surface area contributed by atoms with Gasteiger partial charge in [0.2, 0.25) is 5.91 Å². The van der Waals surface area contributed by atoms with Gasteiger partial charge in [-0.1, -0.05) is 6.07 Å². The normalized spacial score (nSPS) is 25.1. The molecule has 0 radical (unpaired) electrons. The molecule has 0 aromatic heterocycles. The monoisotopic (exact) mass is 261 g/mol. The van der Waals surface area contributed by atoms with Crippen molar-refractivity contribution in [2.75, 3.05) is 23.3 Å². The third kappa shape index (κ3) is 2.19. The van der Waals surface area contributed by atoms with E-state index in [4.69, 9.17) is 5.73 Å². The summed E-state index contributed by atoms with van der Waals surface area (Å²) in [7, 11) is 0. The van der Waals surface area contributed by atoms with Crippen LogP contribution in [0.25, 0.3) is 0 Å². The van der Waals surface area contributed by atoms with Crippen LogP contribution in [0.2, 0.25) is 0 Å². The number of carbonyl (C=O) groups is 1. The maximum absolute atomic E-state index is 11.5. The first-order chi connectivity index (χ1) is 8.96. The Kier molecular flexibility index (Phi) is 2.76. The molecule has 102 valence electrons. The zero-order chi connectivity index (χ0) is 13.6. The number of nitrogens with zero attached hydrogens (tertiary/aromatic N) is 1. The average molecular weight is 261 g/mol. The molecule has 1 aromatic carbocycles. The Morgan fingerprint density at radius 2 is 2.11 bits per heavy atom. The molecular weight excluding hydrogens is 242 g/mol. The van der Waals surface area contributed by atoms with Crippen LogP contribution >= 0.6 is 0 Å². The van der Waals surface area contributed by atoms with Crippen molar-refractivity contribution in [3.63, 3.8) is 0 Å². The number of piperidine rings is 1. The standard InChI is InChI=1S/C14H19N3O2/c1-14(19)4-6-17(7-5-14)9-2-3-10-11(8-9)16-13(18)12(10)15/h2-3,8,12,19H,4-7,15H2,1H3,(H,16,18). The minimum absolute atomic E-state index is 0.145. The van der Waals surface area contributed by atoms with Gasteiger partial charge in [-0.3, -0.25) is 4.79 Å². The summed E-state index contributed by atoms with van der Waals surface area (Å²) in [6.45, 7) is 3.53. The molecular formula is C14H19N3O2. The summed E-state index contributed by atoms with van der Waals surface area (Å²) in [5, 5.41) is 12.8. The molecule has 2 aliphatic heterocycles. The summed E-state index contributed by atoms with van der Waals surface area (Å²) < 4.78 is 0. The Labute approximate surface area is 112 Å². The maximum atomic E-state index is 11.5. The van der Waals surface area contributed by atoms with E-state index in [1.807, 2.05) is 25.1 Å². The minimum Gasteiger partial charge on any atom is -0.390 e. The molecule has 0 spiro atoms. The number of fused-ring (bicyclic) bond motifs is 1. The number of benzene rings is 1. The summed E-state index contributed by atoms with van der Waals surface area (Å²) in [5.41, 5.74) is 7.99. The first kappa shape index (κ1) is 12.4. The number of rotatable bonds is 1. The smallest absolute Gasteiger partial charge is 0.245 e. The minimum atomic E-state index is -0.552. The van der Waals surface area contributed by atoms with Crippen molar-refractivity contribution in [3.05, 3.63) is 23.8 Å². The molecule has 1 amide bonds. The van der Waals surface area contributed by atoms with Crippen LogP contribution < -0.4 is 16.0 Å². The number of anilines is 2. The van der Waals surface area contributed by atoms with Gasteiger partial charge in [0.1, 0.15) is 6.04 Å². The number of amides is 1. The second-order valence-corrected chi connectivity index (χ2v) is 5.72. The lowest BCUT2D eigenvalue weighted by Gasteiger charge is -2.37. The van der Waals surface area contributed by atoms with Gasteiger partial charge in [0.25, 0.3) is 0 Å². The van der Waals surface area contributed by atoms with E-state index in [1.54, 1.807) is 0 Å². The number of hydrogen-bond acceptors (Lipinski definition) is 4. The van der Waals surface area contributed by atoms with E-state index < -0.39 is 11.6 Å². The number of aliphatic hydroxyl groups is 1. The van der Waals surface area contributed by atoms with Crippen molar-refractivity contribution in [1.82, 2.24) is 0 Å². The van der Waals surface area contributed by atoms with Gasteiger partial charge in [-0.15, -0.1) is 0 Å². The maximum Gasteiger partial charge on any atom is 0.245 e. The van der Waals surface area contributed by atoms with E-state index in [-0.39, 0.29) is 5.91 Å². The molecule has 3 rings (SSSR count). The van der Waals surface area contributed by atoms with E-state index in [0.29, 0.717) is 0 Å². The number of nitrogens with two attached hydrogens (primary N) is 1. The van der Waals surface area contributed by atoms with Crippen LogP contribution in [0.3, 0.4) is 0 Å². The van der Waals surface area contributed by atoms with Crippen molar-refractivity contribution >= 4 is 17.3 Å². The van der Waals surface area contributed by atoms with Crippen molar-refractivity contribution in [1.29, 1.82) is 0 Å². The Bertz CT molecular complexity index is 517. The SMILES string of the molecule is CC1(O)CCN(c2ccc3c(c2)NC(=O)C3N)CC1. The molecule has 1 atom stereocenters. The van der Waals surface area contributed by atoms with Crippen molar-refractivity contribution in [2.24, 2.45) is 5.73 Å². The fourth-order valence-corrected chi connectivity index (χ4v) is 2.72. The predicted octanol–water partition coefficient (Wildman–Crippen LogP) is 0.990. The average Bonchev–Trinajstić information content (AvgIpc) is 2.64. The second-order valence-electron chi connectivity index (χ2n) is 5.72. The van der Waals surface area contributed by atoms with E-state index in [0.717, 1.165) is 42.9 Å². The molecule has 1 unspecified atom stereocenters. The first-order valence-electron chi connectivity index (χ1n) is 6.64. The molecule has 0 aliphatic carbocycles. The van der Waals surface area contributed by atoms with Crippen LogP contribution in [0.1, 0.15) is 31.4 Å². The number of carbonyl (C=O) groups excluding carboxylic acids is 1. The third-order valence-corrected chi connectivity index (χ3v) is 4.12. The Morgan fingerprint density at radius 1 is 1.42 bits per heavy atom. The quantitative estimate of drug-likeness (QED) is 0.704. The molecule has 2 heterocycles. The van der Waals surface area contributed by atoms with E-state index in [9.17, 15) is 9.90 Å². The molecule has 0 saturated carbocycles. The molecule has 5 heteroatoms. The molecule has 19 heavy (non-hydrogen) atoms. The van der Waals surface area contributed by atoms with Gasteiger partial charge in [0, 0.05) is 30.0 Å². The number of hydrogen-bond donors (Lipinski definition) is 3. The fraction of sp³-hybridized carbons (Fsp3) is 0.500. The lowest BCUT2D eigenvalue weighted by molar-refractivity contribution is -0.116. The highest BCUT2D eigenvalue weighted by molar-refractivity contribution is 6.02. The van der Waals surface area contributed by atoms with Crippen LogP contribution in [0.4, 0.5) is 11.4 Å². The lowest BCUT2D eigenvalue weighted by atomic mass is 9.93. The molecule has 1 aromatic rings. The van der Waals surface area contributed by atoms with E-state index in [1.165, 1.54) is 0 Å². The summed E-state index contributed by atoms with van der Waals surface area (Å²) in [5.74, 6) is -0.145. The van der Waals surface area contributed by atoms with Crippen LogP contribution in [-0.2, 0) is 4.79 Å². The zero-order valence-corrected chi connectivity index (χ0v) is 11.0. The molecule has 0 bridgehead atoms. The van der Waals surface area contributed by atoms with Crippen LogP contribution in [-0.4, -0.2) is 29.7 Å². The van der Waals surface area contributed by atoms with Crippen LogP contribution in [0.15, 0.2) is 18.2 Å². The largest absolute Gasteiger partial charge is 0.390 e. The first-order valence-corrected chi connectivity index (χ1v) is 6.64. The van der Waals surface area contributed by atoms with Crippen LogP contribution in [0, 0.1) is 0 Å². The summed E-state index contributed by atoms with van der Waals surface area (Å²) in [4.78, 5) is 13.8. The molecule has 4 N–H and O–H groups in total. The summed E-state index contributed by atoms with van der Waals surface area (Å²) >= 11 is 0. The van der Waals surface area contributed by atoms with E-state index >= 15 is 0 Å². The Morgan fingerprint density at radius 3 is 2.79 bits per heavy atom. The second kappa shape index (κ2) is 4.21. The van der Waals surface area contributed by atoms with Crippen molar-refractivity contribution < 1.29 is 9.90 Å². The van der Waals surface area contributed by atoms with Crippen molar-refractivity contribution in [2.45, 2.75) is 31.4 Å². The van der Waals surface area contributed by atoms with Gasteiger partial charge in [0.05, 0.1) is 5.60 Å². The highest BCUT2D eigenvalue weighted by atomic mass is 16.3. The third-order valence-electron chi connectivity index (χ3n) is 4.12. The Hall–Kier alpha value is -1.59. The lowest BCUT2D eigenvalue weighted by Crippen LogP contribution is -2.42. The topological polar surface area (TPSA) is 78.6 Å². The van der Waals surface area contributed by atoms with Gasteiger partial charge >= 0.3 is 0 Å². The molecule has 5 nitrogen and oxygen atoms in total. The van der Waals surface area contributed by atoms with E-state index in [2.05, 4.69) is 10.2 Å². The molecule has 2 aliphatic rings. The van der Waals surface area contributed by atoms with Gasteiger partial charge in [-0.05, 0) is 31.9 Å². The van der Waals surface area contributed by atoms with Crippen LogP contribution in [0.5, 0.6) is 0 Å². The molecule has 1 saturated heterocycles. The van der Waals surface area contributed by atoms with Gasteiger partial charge < -0.3 is 21.1 Å². The van der Waals surface area contributed by atoms with Gasteiger partial charge in [0.15, 0.2) is 0 Å². The summed E-state index contributed by atoms with van der Waals surface area (Å²) in [6.07, 6.45) is 1.52. The van der Waals surface area contributed by atoms with Gasteiger partial charge in [-0.25, -0.2) is 0 Å². The molecule has 1 fully saturated rings.